The van der Waals surface area contributed by atoms with Gasteiger partial charge < -0.3 is 4.74 Å². The lowest BCUT2D eigenvalue weighted by atomic mass is 9.90. The van der Waals surface area contributed by atoms with Crippen molar-refractivity contribution in [2.75, 3.05) is 6.61 Å². The Labute approximate surface area is 119 Å². The minimum Gasteiger partial charge on any atom is -0.494 e. The zero-order valence-electron chi connectivity index (χ0n) is 13.5. The molecule has 1 unspecified atom stereocenters. The van der Waals surface area contributed by atoms with E-state index in [1.807, 2.05) is 0 Å². The van der Waals surface area contributed by atoms with Crippen molar-refractivity contribution in [2.45, 2.75) is 60.3 Å². The van der Waals surface area contributed by atoms with Crippen LogP contribution in [0.2, 0.25) is 0 Å². The molecule has 0 saturated heterocycles. The molecular weight excluding hydrogens is 232 g/mol. The van der Waals surface area contributed by atoms with Crippen LogP contribution >= 0.6 is 0 Å². The van der Waals surface area contributed by atoms with E-state index in [2.05, 4.69) is 65.8 Å². The second kappa shape index (κ2) is 6.98. The summed E-state index contributed by atoms with van der Waals surface area (Å²) in [6.45, 7) is 14.4. The number of hydrogen-bond donors (Lipinski definition) is 0. The van der Waals surface area contributed by atoms with E-state index >= 15 is 0 Å². The Hall–Kier alpha value is -0.980. The molecule has 0 aliphatic heterocycles. The summed E-state index contributed by atoms with van der Waals surface area (Å²) in [6, 6.07) is 8.60. The van der Waals surface area contributed by atoms with Crippen molar-refractivity contribution in [3.63, 3.8) is 0 Å². The van der Waals surface area contributed by atoms with Gasteiger partial charge in [0.05, 0.1) is 6.61 Å². The molecule has 0 N–H and O–H groups in total. The quantitative estimate of drug-likeness (QED) is 0.602. The summed E-state index contributed by atoms with van der Waals surface area (Å²) in [6.07, 6.45) is 2.32. The van der Waals surface area contributed by atoms with Gasteiger partial charge in [-0.15, -0.1) is 0 Å². The van der Waals surface area contributed by atoms with Crippen molar-refractivity contribution in [1.29, 1.82) is 0 Å². The molecule has 1 rings (SSSR count). The minimum atomic E-state index is 0.403. The molecule has 1 nitrogen and oxygen atoms in total. The zero-order chi connectivity index (χ0) is 14.5. The molecule has 1 aromatic carbocycles. The first-order valence-electron chi connectivity index (χ1n) is 7.52. The lowest BCUT2D eigenvalue weighted by molar-refractivity contribution is 0.269. The SMILES string of the molecule is CC(C)C(C)c1ccc(OCCCC(C)(C)C)cc1. The summed E-state index contributed by atoms with van der Waals surface area (Å²) in [4.78, 5) is 0. The average molecular weight is 262 g/mol. The first-order valence-corrected chi connectivity index (χ1v) is 7.52. The Kier molecular flexibility index (Phi) is 5.90. The van der Waals surface area contributed by atoms with Crippen LogP contribution in [0.4, 0.5) is 0 Å². The van der Waals surface area contributed by atoms with Gasteiger partial charge in [0.1, 0.15) is 5.75 Å². The number of hydrogen-bond acceptors (Lipinski definition) is 1. The Morgan fingerprint density at radius 1 is 1.00 bits per heavy atom. The van der Waals surface area contributed by atoms with Crippen molar-refractivity contribution in [1.82, 2.24) is 0 Å². The third kappa shape index (κ3) is 6.13. The third-order valence-electron chi connectivity index (χ3n) is 3.75. The van der Waals surface area contributed by atoms with Crippen LogP contribution in [0.1, 0.15) is 65.9 Å². The number of benzene rings is 1. The highest BCUT2D eigenvalue weighted by molar-refractivity contribution is 5.29. The monoisotopic (exact) mass is 262 g/mol. The van der Waals surface area contributed by atoms with E-state index in [0.29, 0.717) is 17.3 Å². The summed E-state index contributed by atoms with van der Waals surface area (Å²) in [7, 11) is 0. The predicted octanol–water partition coefficient (Wildman–Crippen LogP) is 5.65. The lowest BCUT2D eigenvalue weighted by Gasteiger charge is -2.18. The van der Waals surface area contributed by atoms with Crippen LogP contribution in [0.25, 0.3) is 0 Å². The molecule has 0 aliphatic carbocycles. The van der Waals surface area contributed by atoms with Gasteiger partial charge in [0, 0.05) is 0 Å². The topological polar surface area (TPSA) is 9.23 Å². The highest BCUT2D eigenvalue weighted by Crippen LogP contribution is 2.25. The molecular formula is C18H30O. The minimum absolute atomic E-state index is 0.403. The predicted molar refractivity (Wildman–Crippen MR) is 83.9 cm³/mol. The average Bonchev–Trinajstić information content (AvgIpc) is 2.33. The normalized spacial score (nSPS) is 13.6. The standard InChI is InChI=1S/C18H30O/c1-14(2)15(3)16-8-10-17(11-9-16)19-13-7-12-18(4,5)6/h8-11,14-15H,7,12-13H2,1-6H3. The van der Waals surface area contributed by atoms with Crippen LogP contribution in [-0.2, 0) is 0 Å². The molecule has 0 spiro atoms. The van der Waals surface area contributed by atoms with Crippen molar-refractivity contribution in [2.24, 2.45) is 11.3 Å². The second-order valence-electron chi connectivity index (χ2n) is 7.11. The summed E-state index contributed by atoms with van der Waals surface area (Å²) in [5.74, 6) is 2.28. The molecule has 0 radical (unpaired) electrons. The van der Waals surface area contributed by atoms with Gasteiger partial charge in [-0.05, 0) is 47.8 Å². The molecule has 0 heterocycles. The molecule has 19 heavy (non-hydrogen) atoms. The summed E-state index contributed by atoms with van der Waals surface area (Å²) in [5, 5.41) is 0. The fourth-order valence-corrected chi connectivity index (χ4v) is 2.05. The molecule has 0 amide bonds. The van der Waals surface area contributed by atoms with Crippen molar-refractivity contribution in [3.8, 4) is 5.75 Å². The second-order valence-corrected chi connectivity index (χ2v) is 7.11. The lowest BCUT2D eigenvalue weighted by Crippen LogP contribution is -2.08. The van der Waals surface area contributed by atoms with Gasteiger partial charge in [-0.3, -0.25) is 0 Å². The highest BCUT2D eigenvalue weighted by Gasteiger charge is 2.10. The van der Waals surface area contributed by atoms with Gasteiger partial charge in [-0.1, -0.05) is 53.7 Å². The van der Waals surface area contributed by atoms with Crippen LogP contribution in [0.3, 0.4) is 0 Å². The summed E-state index contributed by atoms with van der Waals surface area (Å²) in [5.41, 5.74) is 1.80. The molecule has 0 bridgehead atoms. The van der Waals surface area contributed by atoms with E-state index in [1.54, 1.807) is 0 Å². The van der Waals surface area contributed by atoms with E-state index < -0.39 is 0 Å². The molecule has 1 aromatic rings. The van der Waals surface area contributed by atoms with Gasteiger partial charge in [-0.2, -0.15) is 0 Å². The van der Waals surface area contributed by atoms with Gasteiger partial charge >= 0.3 is 0 Å². The number of rotatable bonds is 6. The number of ether oxygens (including phenoxy) is 1. The Morgan fingerprint density at radius 3 is 2.05 bits per heavy atom. The smallest absolute Gasteiger partial charge is 0.119 e. The molecule has 108 valence electrons. The zero-order valence-corrected chi connectivity index (χ0v) is 13.5. The maximum absolute atomic E-state index is 5.80. The van der Waals surface area contributed by atoms with E-state index in [1.165, 1.54) is 12.0 Å². The molecule has 0 saturated carbocycles. The molecule has 0 aliphatic rings. The largest absolute Gasteiger partial charge is 0.494 e. The van der Waals surface area contributed by atoms with E-state index in [9.17, 15) is 0 Å². The Morgan fingerprint density at radius 2 is 1.58 bits per heavy atom. The van der Waals surface area contributed by atoms with E-state index in [0.717, 1.165) is 18.8 Å². The van der Waals surface area contributed by atoms with Crippen LogP contribution in [0, 0.1) is 11.3 Å². The Balaban J connectivity index is 2.40. The molecule has 0 aromatic heterocycles. The maximum Gasteiger partial charge on any atom is 0.119 e. The first kappa shape index (κ1) is 16.1. The highest BCUT2D eigenvalue weighted by atomic mass is 16.5. The van der Waals surface area contributed by atoms with Crippen LogP contribution in [-0.4, -0.2) is 6.61 Å². The van der Waals surface area contributed by atoms with Crippen molar-refractivity contribution < 1.29 is 4.74 Å². The van der Waals surface area contributed by atoms with Crippen molar-refractivity contribution in [3.05, 3.63) is 29.8 Å². The van der Waals surface area contributed by atoms with E-state index in [-0.39, 0.29) is 0 Å². The molecule has 1 heteroatoms. The fourth-order valence-electron chi connectivity index (χ4n) is 2.05. The maximum atomic E-state index is 5.80. The summed E-state index contributed by atoms with van der Waals surface area (Å²) < 4.78 is 5.80. The van der Waals surface area contributed by atoms with Crippen LogP contribution < -0.4 is 4.74 Å². The van der Waals surface area contributed by atoms with Gasteiger partial charge in [0.2, 0.25) is 0 Å². The third-order valence-corrected chi connectivity index (χ3v) is 3.75. The van der Waals surface area contributed by atoms with Gasteiger partial charge in [0.25, 0.3) is 0 Å². The van der Waals surface area contributed by atoms with Crippen LogP contribution in [0.5, 0.6) is 5.75 Å². The Bertz CT molecular complexity index is 356. The molecule has 1 atom stereocenters. The molecule has 0 fully saturated rings. The fraction of sp³-hybridized carbons (Fsp3) is 0.667. The van der Waals surface area contributed by atoms with Gasteiger partial charge in [-0.25, -0.2) is 0 Å². The van der Waals surface area contributed by atoms with Crippen molar-refractivity contribution >= 4 is 0 Å². The van der Waals surface area contributed by atoms with Crippen LogP contribution in [0.15, 0.2) is 24.3 Å². The van der Waals surface area contributed by atoms with Gasteiger partial charge in [0.15, 0.2) is 0 Å². The first-order chi connectivity index (χ1) is 8.79. The summed E-state index contributed by atoms with van der Waals surface area (Å²) >= 11 is 0. The van der Waals surface area contributed by atoms with E-state index in [4.69, 9.17) is 4.74 Å².